The summed E-state index contributed by atoms with van der Waals surface area (Å²) in [6.45, 7) is -0.0559. The zero-order valence-electron chi connectivity index (χ0n) is 14.4. The molecule has 8 nitrogen and oxygen atoms in total. The molecule has 1 aromatic heterocycles. The summed E-state index contributed by atoms with van der Waals surface area (Å²) in [7, 11) is -3.30. The van der Waals surface area contributed by atoms with Crippen molar-refractivity contribution in [1.29, 1.82) is 0 Å². The molecular weight excluding hydrogens is 358 g/mol. The quantitative estimate of drug-likeness (QED) is 0.771. The van der Waals surface area contributed by atoms with Gasteiger partial charge in [-0.25, -0.2) is 13.4 Å². The van der Waals surface area contributed by atoms with Crippen LogP contribution >= 0.6 is 0 Å². The summed E-state index contributed by atoms with van der Waals surface area (Å²) < 4.78 is 25.0. The molecule has 0 radical (unpaired) electrons. The van der Waals surface area contributed by atoms with Crippen LogP contribution in [0.15, 0.2) is 24.3 Å². The first-order valence-electron chi connectivity index (χ1n) is 8.37. The molecule has 1 amide bonds. The number of rotatable bonds is 6. The van der Waals surface area contributed by atoms with Crippen molar-refractivity contribution in [2.24, 2.45) is 5.92 Å². The average Bonchev–Trinajstić information content (AvgIpc) is 3.12. The molecule has 0 saturated heterocycles. The Labute approximate surface area is 151 Å². The highest BCUT2D eigenvalue weighted by molar-refractivity contribution is 7.89. The van der Waals surface area contributed by atoms with E-state index in [2.05, 4.69) is 10.3 Å². The Morgan fingerprint density at radius 3 is 2.69 bits per heavy atom. The molecular formula is C17H21N3O5S. The van der Waals surface area contributed by atoms with Gasteiger partial charge in [0.2, 0.25) is 5.91 Å². The van der Waals surface area contributed by atoms with E-state index in [1.165, 1.54) is 0 Å². The van der Waals surface area contributed by atoms with Gasteiger partial charge in [-0.15, -0.1) is 0 Å². The maximum absolute atomic E-state index is 12.4. The Balaban J connectivity index is 1.78. The Morgan fingerprint density at radius 1 is 1.31 bits per heavy atom. The van der Waals surface area contributed by atoms with Gasteiger partial charge in [0.1, 0.15) is 18.1 Å². The SMILES string of the molecule is CS(=O)(=O)Cc1nc2ccccc2n1CC(=O)N[C@H]1CC[C@@H](C(=O)O)C1. The van der Waals surface area contributed by atoms with E-state index in [-0.39, 0.29) is 24.2 Å². The lowest BCUT2D eigenvalue weighted by atomic mass is 10.1. The van der Waals surface area contributed by atoms with E-state index in [1.54, 1.807) is 28.8 Å². The van der Waals surface area contributed by atoms with E-state index in [0.29, 0.717) is 36.1 Å². The largest absolute Gasteiger partial charge is 0.481 e. The van der Waals surface area contributed by atoms with Crippen LogP contribution in [0.3, 0.4) is 0 Å². The molecule has 0 bridgehead atoms. The molecule has 1 fully saturated rings. The molecule has 0 unspecified atom stereocenters. The molecule has 1 saturated carbocycles. The summed E-state index contributed by atoms with van der Waals surface area (Å²) in [5.41, 5.74) is 1.32. The average molecular weight is 379 g/mol. The first kappa shape index (κ1) is 18.4. The fourth-order valence-electron chi connectivity index (χ4n) is 3.40. The maximum Gasteiger partial charge on any atom is 0.306 e. The van der Waals surface area contributed by atoms with Crippen molar-refractivity contribution < 1.29 is 23.1 Å². The van der Waals surface area contributed by atoms with Gasteiger partial charge in [-0.3, -0.25) is 9.59 Å². The van der Waals surface area contributed by atoms with Gasteiger partial charge in [0.15, 0.2) is 9.84 Å². The number of imidazole rings is 1. The first-order valence-corrected chi connectivity index (χ1v) is 10.4. The molecule has 1 heterocycles. The van der Waals surface area contributed by atoms with Crippen LogP contribution in [0.5, 0.6) is 0 Å². The van der Waals surface area contributed by atoms with Crippen LogP contribution in [0, 0.1) is 5.92 Å². The second-order valence-electron chi connectivity index (χ2n) is 6.79. The fraction of sp³-hybridized carbons (Fsp3) is 0.471. The standard InChI is InChI=1S/C17H21N3O5S/c1-26(24,25)10-15-19-13-4-2-3-5-14(13)20(15)9-16(21)18-12-7-6-11(8-12)17(22)23/h2-5,11-12H,6-10H2,1H3,(H,18,21)(H,22,23)/t11-,12+/m1/s1. The second kappa shape index (κ2) is 7.06. The Kier molecular flexibility index (Phi) is 4.99. The highest BCUT2D eigenvalue weighted by atomic mass is 32.2. The Bertz CT molecular complexity index is 950. The summed E-state index contributed by atoms with van der Waals surface area (Å²) in [6, 6.07) is 6.99. The van der Waals surface area contributed by atoms with Crippen molar-refractivity contribution in [3.63, 3.8) is 0 Å². The number of nitrogens with one attached hydrogen (secondary N) is 1. The van der Waals surface area contributed by atoms with Gasteiger partial charge in [0, 0.05) is 12.3 Å². The van der Waals surface area contributed by atoms with Crippen LogP contribution in [-0.4, -0.2) is 47.2 Å². The smallest absolute Gasteiger partial charge is 0.306 e. The predicted octanol–water partition coefficient (Wildman–Crippen LogP) is 0.950. The molecule has 3 rings (SSSR count). The van der Waals surface area contributed by atoms with Crippen LogP contribution in [0.4, 0.5) is 0 Å². The number of carboxylic acid groups (broad SMARTS) is 1. The van der Waals surface area contributed by atoms with Crippen molar-refractivity contribution in [3.8, 4) is 0 Å². The molecule has 2 N–H and O–H groups in total. The van der Waals surface area contributed by atoms with Crippen molar-refractivity contribution in [1.82, 2.24) is 14.9 Å². The molecule has 2 atom stereocenters. The number of nitrogens with zero attached hydrogens (tertiary/aromatic N) is 2. The highest BCUT2D eigenvalue weighted by Crippen LogP contribution is 2.25. The first-order chi connectivity index (χ1) is 12.2. The zero-order valence-corrected chi connectivity index (χ0v) is 15.2. The van der Waals surface area contributed by atoms with Crippen LogP contribution in [-0.2, 0) is 31.7 Å². The van der Waals surface area contributed by atoms with E-state index in [9.17, 15) is 18.0 Å². The van der Waals surface area contributed by atoms with Gasteiger partial charge < -0.3 is 15.0 Å². The van der Waals surface area contributed by atoms with Gasteiger partial charge in [-0.1, -0.05) is 12.1 Å². The minimum absolute atomic E-state index is 0.0559. The van der Waals surface area contributed by atoms with Gasteiger partial charge >= 0.3 is 5.97 Å². The van der Waals surface area contributed by atoms with Gasteiger partial charge in [0.25, 0.3) is 0 Å². The topological polar surface area (TPSA) is 118 Å². The number of carboxylic acids is 1. The predicted molar refractivity (Wildman–Crippen MR) is 95.2 cm³/mol. The van der Waals surface area contributed by atoms with Crippen LogP contribution in [0.2, 0.25) is 0 Å². The number of carbonyl (C=O) groups is 2. The summed E-state index contributed by atoms with van der Waals surface area (Å²) in [5.74, 6) is -1.47. The van der Waals surface area contributed by atoms with Crippen LogP contribution < -0.4 is 5.32 Å². The van der Waals surface area contributed by atoms with Crippen LogP contribution in [0.1, 0.15) is 25.1 Å². The number of carbonyl (C=O) groups excluding carboxylic acids is 1. The fourth-order valence-corrected chi connectivity index (χ4v) is 4.09. The lowest BCUT2D eigenvalue weighted by Gasteiger charge is -2.14. The summed E-state index contributed by atoms with van der Waals surface area (Å²) in [6.07, 6.45) is 2.72. The van der Waals surface area contributed by atoms with E-state index >= 15 is 0 Å². The van der Waals surface area contributed by atoms with Gasteiger partial charge in [0.05, 0.1) is 17.0 Å². The molecule has 9 heteroatoms. The minimum Gasteiger partial charge on any atom is -0.481 e. The lowest BCUT2D eigenvalue weighted by Crippen LogP contribution is -2.36. The summed E-state index contributed by atoms with van der Waals surface area (Å²) >= 11 is 0. The third-order valence-corrected chi connectivity index (χ3v) is 5.36. The van der Waals surface area contributed by atoms with E-state index < -0.39 is 21.7 Å². The number of fused-ring (bicyclic) bond motifs is 1. The molecule has 1 aliphatic rings. The second-order valence-corrected chi connectivity index (χ2v) is 8.93. The molecule has 0 aliphatic heterocycles. The minimum atomic E-state index is -3.30. The molecule has 1 aromatic carbocycles. The maximum atomic E-state index is 12.4. The monoisotopic (exact) mass is 379 g/mol. The molecule has 140 valence electrons. The summed E-state index contributed by atoms with van der Waals surface area (Å²) in [5, 5.41) is 11.9. The molecule has 1 aliphatic carbocycles. The number of benzene rings is 1. The zero-order chi connectivity index (χ0) is 18.9. The van der Waals surface area contributed by atoms with Crippen LogP contribution in [0.25, 0.3) is 11.0 Å². The number of aromatic nitrogens is 2. The number of hydrogen-bond donors (Lipinski definition) is 2. The third kappa shape index (κ3) is 4.21. The summed E-state index contributed by atoms with van der Waals surface area (Å²) in [4.78, 5) is 27.8. The molecule has 26 heavy (non-hydrogen) atoms. The number of aliphatic carboxylic acids is 1. The van der Waals surface area contributed by atoms with E-state index in [0.717, 1.165) is 6.26 Å². The van der Waals surface area contributed by atoms with Gasteiger partial charge in [-0.05, 0) is 31.4 Å². The molecule has 0 spiro atoms. The number of para-hydroxylation sites is 2. The van der Waals surface area contributed by atoms with E-state index in [4.69, 9.17) is 5.11 Å². The number of hydrogen-bond acceptors (Lipinski definition) is 5. The molecule has 2 aromatic rings. The lowest BCUT2D eigenvalue weighted by molar-refractivity contribution is -0.141. The van der Waals surface area contributed by atoms with Crippen molar-refractivity contribution in [2.45, 2.75) is 37.6 Å². The highest BCUT2D eigenvalue weighted by Gasteiger charge is 2.30. The third-order valence-electron chi connectivity index (χ3n) is 4.57. The van der Waals surface area contributed by atoms with Gasteiger partial charge in [-0.2, -0.15) is 0 Å². The number of sulfone groups is 1. The van der Waals surface area contributed by atoms with Crippen molar-refractivity contribution in [3.05, 3.63) is 30.1 Å². The Hall–Kier alpha value is -2.42. The van der Waals surface area contributed by atoms with Crippen molar-refractivity contribution in [2.75, 3.05) is 6.26 Å². The van der Waals surface area contributed by atoms with E-state index in [1.807, 2.05) is 0 Å². The van der Waals surface area contributed by atoms with Crippen molar-refractivity contribution >= 4 is 32.7 Å². The normalized spacial score (nSPS) is 20.3. The Morgan fingerprint density at radius 2 is 2.04 bits per heavy atom. The number of amides is 1.